The Kier molecular flexibility index (Phi) is 6.32. The third kappa shape index (κ3) is 4.85. The van der Waals surface area contributed by atoms with E-state index in [-0.39, 0.29) is 24.4 Å². The smallest absolute Gasteiger partial charge is 0.163 e. The van der Waals surface area contributed by atoms with Crippen LogP contribution >= 0.6 is 0 Å². The van der Waals surface area contributed by atoms with Gasteiger partial charge in [-0.25, -0.2) is 0 Å². The molecular formula is C23H26O4. The lowest BCUT2D eigenvalue weighted by molar-refractivity contribution is -0.0941. The second-order valence-corrected chi connectivity index (χ2v) is 6.94. The summed E-state index contributed by atoms with van der Waals surface area (Å²) in [7, 11) is 0. The molecule has 0 spiro atoms. The zero-order valence-electron chi connectivity index (χ0n) is 15.4. The van der Waals surface area contributed by atoms with Crippen molar-refractivity contribution in [2.24, 2.45) is 5.92 Å². The first-order valence-electron chi connectivity index (χ1n) is 9.62. The first-order valence-corrected chi connectivity index (χ1v) is 9.62. The van der Waals surface area contributed by atoms with Gasteiger partial charge in [0.25, 0.3) is 0 Å². The normalized spacial score (nSPS) is 26.1. The summed E-state index contributed by atoms with van der Waals surface area (Å²) in [5.74, 6) is 0.197. The van der Waals surface area contributed by atoms with Crippen molar-refractivity contribution in [3.63, 3.8) is 0 Å². The second kappa shape index (κ2) is 9.29. The van der Waals surface area contributed by atoms with Crippen molar-refractivity contribution in [3.8, 4) is 0 Å². The molecule has 0 aromatic heterocycles. The minimum atomic E-state index is -0.182. The molecule has 4 heteroatoms. The summed E-state index contributed by atoms with van der Waals surface area (Å²) in [5.41, 5.74) is 2.38. The Balaban J connectivity index is 1.35. The summed E-state index contributed by atoms with van der Waals surface area (Å²) in [6, 6.07) is 20.6. The highest BCUT2D eigenvalue weighted by Gasteiger charge is 2.41. The lowest BCUT2D eigenvalue weighted by Gasteiger charge is -2.20. The number of benzene rings is 2. The summed E-state index contributed by atoms with van der Waals surface area (Å²) < 4.78 is 23.6. The van der Waals surface area contributed by atoms with E-state index in [2.05, 4.69) is 42.5 Å². The Morgan fingerprint density at radius 1 is 0.926 bits per heavy atom. The number of ether oxygens (including phenoxy) is 4. The largest absolute Gasteiger partial charge is 0.373 e. The fraction of sp³-hybridized carbons (Fsp3) is 0.391. The Hall–Kier alpha value is -1.98. The predicted molar refractivity (Wildman–Crippen MR) is 103 cm³/mol. The number of rotatable bonds is 7. The molecule has 0 saturated carbocycles. The summed E-state index contributed by atoms with van der Waals surface area (Å²) in [5, 5.41) is 0. The maximum Gasteiger partial charge on any atom is 0.163 e. The standard InChI is InChI=1S/C23H26O4/c1-3-8-18(9-4-1)17-24-13-7-12-21-20(23-25-14-15-26-23)16-22(27-21)19-10-5-2-6-11-19/h1-12,20-23H,13-17H2/b12-7+/t20-,21+,22-/m0/s1. The van der Waals surface area contributed by atoms with Crippen molar-refractivity contribution < 1.29 is 18.9 Å². The summed E-state index contributed by atoms with van der Waals surface area (Å²) in [4.78, 5) is 0. The van der Waals surface area contributed by atoms with Crippen LogP contribution in [0.1, 0.15) is 23.7 Å². The third-order valence-electron chi connectivity index (χ3n) is 5.05. The average Bonchev–Trinajstić information content (AvgIpc) is 3.39. The summed E-state index contributed by atoms with van der Waals surface area (Å²) in [6.45, 7) is 2.49. The van der Waals surface area contributed by atoms with Crippen LogP contribution in [0.15, 0.2) is 72.8 Å². The molecule has 3 atom stereocenters. The number of hydrogen-bond donors (Lipinski definition) is 0. The highest BCUT2D eigenvalue weighted by molar-refractivity contribution is 5.20. The third-order valence-corrected chi connectivity index (χ3v) is 5.05. The fourth-order valence-corrected chi connectivity index (χ4v) is 3.70. The maximum absolute atomic E-state index is 6.34. The molecule has 2 fully saturated rings. The molecule has 4 nitrogen and oxygen atoms in total. The highest BCUT2D eigenvalue weighted by Crippen LogP contribution is 2.41. The van der Waals surface area contributed by atoms with Crippen molar-refractivity contribution >= 4 is 0 Å². The lowest BCUT2D eigenvalue weighted by Crippen LogP contribution is -2.27. The first-order chi connectivity index (χ1) is 13.4. The molecule has 0 N–H and O–H groups in total. The van der Waals surface area contributed by atoms with Crippen LogP contribution in [0.25, 0.3) is 0 Å². The van der Waals surface area contributed by atoms with E-state index in [0.717, 1.165) is 6.42 Å². The fourth-order valence-electron chi connectivity index (χ4n) is 3.70. The maximum atomic E-state index is 6.34. The Labute approximate surface area is 160 Å². The Bertz CT molecular complexity index is 710. The van der Waals surface area contributed by atoms with E-state index in [1.165, 1.54) is 11.1 Å². The van der Waals surface area contributed by atoms with Crippen molar-refractivity contribution in [2.45, 2.75) is 31.5 Å². The summed E-state index contributed by atoms with van der Waals surface area (Å²) in [6.07, 6.45) is 4.90. The Morgan fingerprint density at radius 2 is 1.63 bits per heavy atom. The molecule has 2 aliphatic heterocycles. The molecule has 2 aromatic rings. The molecule has 0 amide bonds. The minimum Gasteiger partial charge on any atom is -0.373 e. The molecule has 142 valence electrons. The molecule has 0 aliphatic carbocycles. The van der Waals surface area contributed by atoms with Gasteiger partial charge in [-0.1, -0.05) is 72.8 Å². The molecule has 2 aliphatic rings. The van der Waals surface area contributed by atoms with E-state index in [1.807, 2.05) is 30.3 Å². The van der Waals surface area contributed by atoms with E-state index >= 15 is 0 Å². The second-order valence-electron chi connectivity index (χ2n) is 6.94. The van der Waals surface area contributed by atoms with E-state index in [9.17, 15) is 0 Å². The van der Waals surface area contributed by atoms with Gasteiger partial charge in [-0.2, -0.15) is 0 Å². The van der Waals surface area contributed by atoms with Crippen LogP contribution in [-0.4, -0.2) is 32.2 Å². The molecule has 0 unspecified atom stereocenters. The lowest BCUT2D eigenvalue weighted by atomic mass is 9.95. The Morgan fingerprint density at radius 3 is 2.37 bits per heavy atom. The van der Waals surface area contributed by atoms with Crippen molar-refractivity contribution in [2.75, 3.05) is 19.8 Å². The van der Waals surface area contributed by atoms with Gasteiger partial charge in [0.15, 0.2) is 6.29 Å². The van der Waals surface area contributed by atoms with Crippen molar-refractivity contribution in [1.82, 2.24) is 0 Å². The minimum absolute atomic E-state index is 0.0290. The van der Waals surface area contributed by atoms with Gasteiger partial charge < -0.3 is 18.9 Å². The van der Waals surface area contributed by atoms with Gasteiger partial charge in [0.1, 0.15) is 0 Å². The predicted octanol–water partition coefficient (Wildman–Crippen LogP) is 4.28. The van der Waals surface area contributed by atoms with E-state index in [1.54, 1.807) is 0 Å². The topological polar surface area (TPSA) is 36.9 Å². The molecule has 2 aromatic carbocycles. The quantitative estimate of drug-likeness (QED) is 0.541. The van der Waals surface area contributed by atoms with Crippen LogP contribution in [0.3, 0.4) is 0 Å². The monoisotopic (exact) mass is 366 g/mol. The number of hydrogen-bond acceptors (Lipinski definition) is 4. The van der Waals surface area contributed by atoms with Crippen molar-refractivity contribution in [1.29, 1.82) is 0 Å². The van der Waals surface area contributed by atoms with Gasteiger partial charge in [-0.05, 0) is 17.5 Å². The highest BCUT2D eigenvalue weighted by atomic mass is 16.7. The summed E-state index contributed by atoms with van der Waals surface area (Å²) >= 11 is 0. The first kappa shape index (κ1) is 18.4. The van der Waals surface area contributed by atoms with Crippen LogP contribution in [0.2, 0.25) is 0 Å². The van der Waals surface area contributed by atoms with Crippen LogP contribution < -0.4 is 0 Å². The average molecular weight is 366 g/mol. The van der Waals surface area contributed by atoms with Crippen LogP contribution in [0.5, 0.6) is 0 Å². The van der Waals surface area contributed by atoms with Gasteiger partial charge in [0.05, 0.1) is 38.6 Å². The molecule has 2 saturated heterocycles. The van der Waals surface area contributed by atoms with Gasteiger partial charge in [0.2, 0.25) is 0 Å². The van der Waals surface area contributed by atoms with Gasteiger partial charge in [-0.15, -0.1) is 0 Å². The molecule has 4 rings (SSSR count). The van der Waals surface area contributed by atoms with Crippen LogP contribution in [0.4, 0.5) is 0 Å². The van der Waals surface area contributed by atoms with E-state index < -0.39 is 0 Å². The SMILES string of the molecule is C(=C\[C@H]1O[C@H](c2ccccc2)C[C@@H]1C1OCCO1)/COCc1ccccc1. The van der Waals surface area contributed by atoms with Gasteiger partial charge in [0, 0.05) is 5.92 Å². The van der Waals surface area contributed by atoms with Gasteiger partial charge in [-0.3, -0.25) is 0 Å². The zero-order chi connectivity index (χ0) is 18.3. The zero-order valence-corrected chi connectivity index (χ0v) is 15.4. The van der Waals surface area contributed by atoms with E-state index in [0.29, 0.717) is 26.4 Å². The van der Waals surface area contributed by atoms with Crippen molar-refractivity contribution in [3.05, 3.63) is 83.9 Å². The molecule has 2 heterocycles. The van der Waals surface area contributed by atoms with E-state index in [4.69, 9.17) is 18.9 Å². The van der Waals surface area contributed by atoms with Gasteiger partial charge >= 0.3 is 0 Å². The molecule has 27 heavy (non-hydrogen) atoms. The van der Waals surface area contributed by atoms with Crippen LogP contribution in [-0.2, 0) is 25.6 Å². The molecule has 0 radical (unpaired) electrons. The van der Waals surface area contributed by atoms with Crippen LogP contribution in [0, 0.1) is 5.92 Å². The molecule has 0 bridgehead atoms. The molecular weight excluding hydrogens is 340 g/mol.